The standard InChI is InChI=1S/C18H28N4.C5H11N/c1-2-11-19-18-16-9-4-5-10-17(16)22(20-18)15-8-14-21-12-6-3-7-13-21;1-2-4-6-5-3-1/h4-5,9-10H,2-3,6-8,11-15H2,1H3,(H,19,20);6H,1-5H2. The van der Waals surface area contributed by atoms with E-state index in [0.717, 1.165) is 25.3 Å². The van der Waals surface area contributed by atoms with Crippen LogP contribution in [0.1, 0.15) is 58.3 Å². The van der Waals surface area contributed by atoms with E-state index >= 15 is 0 Å². The first-order chi connectivity index (χ1) is 13.9. The highest BCUT2D eigenvalue weighted by Gasteiger charge is 2.12. The molecule has 28 heavy (non-hydrogen) atoms. The number of para-hydroxylation sites is 1. The van der Waals surface area contributed by atoms with Crippen LogP contribution < -0.4 is 10.6 Å². The number of hydrogen-bond donors (Lipinski definition) is 2. The lowest BCUT2D eigenvalue weighted by Crippen LogP contribution is -2.31. The second-order valence-corrected chi connectivity index (χ2v) is 8.08. The van der Waals surface area contributed by atoms with Gasteiger partial charge in [0.1, 0.15) is 0 Å². The predicted molar refractivity (Wildman–Crippen MR) is 120 cm³/mol. The minimum atomic E-state index is 0.981. The highest BCUT2D eigenvalue weighted by Crippen LogP contribution is 2.23. The Balaban J connectivity index is 0.000000320. The number of rotatable bonds is 7. The molecule has 2 saturated heterocycles. The molecule has 4 rings (SSSR count). The van der Waals surface area contributed by atoms with Crippen molar-refractivity contribution < 1.29 is 0 Å². The summed E-state index contributed by atoms with van der Waals surface area (Å²) in [5.41, 5.74) is 1.25. The van der Waals surface area contributed by atoms with Crippen molar-refractivity contribution in [1.82, 2.24) is 20.0 Å². The lowest BCUT2D eigenvalue weighted by molar-refractivity contribution is 0.222. The molecule has 0 radical (unpaired) electrons. The monoisotopic (exact) mass is 385 g/mol. The van der Waals surface area contributed by atoms with E-state index < -0.39 is 0 Å². The number of nitrogens with one attached hydrogen (secondary N) is 2. The summed E-state index contributed by atoms with van der Waals surface area (Å²) < 4.78 is 2.18. The molecule has 2 fully saturated rings. The zero-order chi connectivity index (χ0) is 19.4. The van der Waals surface area contributed by atoms with Gasteiger partial charge in [-0.1, -0.05) is 31.9 Å². The SMILES string of the molecule is C1CCNCC1.CCCNc1nn(CCCN2CCCCC2)c2ccccc12. The highest BCUT2D eigenvalue weighted by atomic mass is 15.3. The van der Waals surface area contributed by atoms with Gasteiger partial charge in [-0.25, -0.2) is 0 Å². The van der Waals surface area contributed by atoms with Gasteiger partial charge in [-0.15, -0.1) is 0 Å². The van der Waals surface area contributed by atoms with E-state index in [2.05, 4.69) is 51.4 Å². The molecule has 0 unspecified atom stereocenters. The summed E-state index contributed by atoms with van der Waals surface area (Å²) in [6.45, 7) is 10.4. The van der Waals surface area contributed by atoms with Gasteiger partial charge in [0, 0.05) is 18.5 Å². The van der Waals surface area contributed by atoms with Crippen molar-refractivity contribution in [2.75, 3.05) is 44.6 Å². The molecule has 1 aromatic heterocycles. The van der Waals surface area contributed by atoms with Crippen LogP contribution in [0.3, 0.4) is 0 Å². The van der Waals surface area contributed by atoms with E-state index in [4.69, 9.17) is 5.10 Å². The van der Waals surface area contributed by atoms with Crippen molar-refractivity contribution in [3.8, 4) is 0 Å². The van der Waals surface area contributed by atoms with Crippen molar-refractivity contribution in [1.29, 1.82) is 0 Å². The Kier molecular flexibility index (Phi) is 9.11. The van der Waals surface area contributed by atoms with Crippen molar-refractivity contribution >= 4 is 16.7 Å². The molecular formula is C23H39N5. The first-order valence-electron chi connectivity index (χ1n) is 11.5. The number of benzene rings is 1. The van der Waals surface area contributed by atoms with Crippen LogP contribution in [0.2, 0.25) is 0 Å². The van der Waals surface area contributed by atoms with Crippen LogP contribution in [0.25, 0.3) is 10.9 Å². The maximum absolute atomic E-state index is 4.80. The topological polar surface area (TPSA) is 45.1 Å². The molecule has 0 saturated carbocycles. The zero-order valence-corrected chi connectivity index (χ0v) is 17.8. The van der Waals surface area contributed by atoms with Gasteiger partial charge in [0.05, 0.1) is 5.52 Å². The van der Waals surface area contributed by atoms with Gasteiger partial charge in [0.25, 0.3) is 0 Å². The minimum Gasteiger partial charge on any atom is -0.368 e. The Morgan fingerprint density at radius 2 is 1.71 bits per heavy atom. The summed E-state index contributed by atoms with van der Waals surface area (Å²) in [5, 5.41) is 12.8. The van der Waals surface area contributed by atoms with Gasteiger partial charge >= 0.3 is 0 Å². The number of aryl methyl sites for hydroxylation is 1. The Bertz CT molecular complexity index is 659. The van der Waals surface area contributed by atoms with Gasteiger partial charge in [-0.3, -0.25) is 4.68 Å². The van der Waals surface area contributed by atoms with E-state index in [-0.39, 0.29) is 0 Å². The maximum atomic E-state index is 4.80. The molecule has 156 valence electrons. The Labute approximate surface area is 170 Å². The van der Waals surface area contributed by atoms with Crippen LogP contribution in [0.5, 0.6) is 0 Å². The number of nitrogens with zero attached hydrogens (tertiary/aromatic N) is 3. The molecule has 1 aromatic carbocycles. The quantitative estimate of drug-likeness (QED) is 0.737. The minimum absolute atomic E-state index is 0.981. The number of piperidine rings is 2. The molecule has 5 heteroatoms. The van der Waals surface area contributed by atoms with E-state index in [1.54, 1.807) is 0 Å². The lowest BCUT2D eigenvalue weighted by atomic mass is 10.1. The molecule has 0 bridgehead atoms. The molecule has 0 atom stereocenters. The fraction of sp³-hybridized carbons (Fsp3) is 0.696. The molecule has 2 aromatic rings. The predicted octanol–water partition coefficient (Wildman–Crippen LogP) is 4.49. The first kappa shape index (κ1) is 21.1. The number of likely N-dealkylation sites (tertiary alicyclic amines) is 1. The lowest BCUT2D eigenvalue weighted by Gasteiger charge is -2.26. The number of aromatic nitrogens is 2. The Morgan fingerprint density at radius 1 is 0.964 bits per heavy atom. The highest BCUT2D eigenvalue weighted by molar-refractivity contribution is 5.90. The van der Waals surface area contributed by atoms with Crippen LogP contribution in [-0.4, -0.2) is 53.9 Å². The van der Waals surface area contributed by atoms with Gasteiger partial charge in [-0.2, -0.15) is 5.10 Å². The van der Waals surface area contributed by atoms with Gasteiger partial charge in [0.2, 0.25) is 0 Å². The third-order valence-electron chi connectivity index (χ3n) is 5.70. The van der Waals surface area contributed by atoms with Crippen LogP contribution >= 0.6 is 0 Å². The van der Waals surface area contributed by atoms with Gasteiger partial charge in [0.15, 0.2) is 5.82 Å². The smallest absolute Gasteiger partial charge is 0.155 e. The third kappa shape index (κ3) is 6.49. The van der Waals surface area contributed by atoms with E-state index in [9.17, 15) is 0 Å². The molecule has 2 aliphatic rings. The summed E-state index contributed by atoms with van der Waals surface area (Å²) in [6, 6.07) is 8.55. The largest absolute Gasteiger partial charge is 0.368 e. The van der Waals surface area contributed by atoms with Crippen molar-refractivity contribution in [3.05, 3.63) is 24.3 Å². The normalized spacial score (nSPS) is 17.9. The summed E-state index contributed by atoms with van der Waals surface area (Å²) >= 11 is 0. The Morgan fingerprint density at radius 3 is 2.39 bits per heavy atom. The fourth-order valence-electron chi connectivity index (χ4n) is 4.10. The van der Waals surface area contributed by atoms with Crippen LogP contribution in [0.15, 0.2) is 24.3 Å². The maximum Gasteiger partial charge on any atom is 0.155 e. The van der Waals surface area contributed by atoms with Gasteiger partial charge < -0.3 is 15.5 Å². The molecule has 0 spiro atoms. The molecule has 3 heterocycles. The Hall–Kier alpha value is -1.59. The zero-order valence-electron chi connectivity index (χ0n) is 17.8. The van der Waals surface area contributed by atoms with E-state index in [1.807, 2.05) is 0 Å². The molecule has 0 amide bonds. The number of hydrogen-bond acceptors (Lipinski definition) is 4. The molecule has 2 N–H and O–H groups in total. The van der Waals surface area contributed by atoms with Crippen molar-refractivity contribution in [2.45, 2.75) is 64.8 Å². The average Bonchev–Trinajstić information content (AvgIpc) is 3.12. The fourth-order valence-corrected chi connectivity index (χ4v) is 4.10. The third-order valence-corrected chi connectivity index (χ3v) is 5.70. The van der Waals surface area contributed by atoms with Crippen LogP contribution in [0, 0.1) is 0 Å². The van der Waals surface area contributed by atoms with E-state index in [0.29, 0.717) is 0 Å². The average molecular weight is 386 g/mol. The molecule has 0 aliphatic carbocycles. The summed E-state index contributed by atoms with van der Waals surface area (Å²) in [4.78, 5) is 2.60. The van der Waals surface area contributed by atoms with Crippen molar-refractivity contribution in [3.63, 3.8) is 0 Å². The van der Waals surface area contributed by atoms with Crippen LogP contribution in [-0.2, 0) is 6.54 Å². The molecular weight excluding hydrogens is 346 g/mol. The van der Waals surface area contributed by atoms with E-state index in [1.165, 1.54) is 88.6 Å². The molecule has 5 nitrogen and oxygen atoms in total. The summed E-state index contributed by atoms with van der Waals surface area (Å²) in [6.07, 6.45) is 10.7. The molecule has 2 aliphatic heterocycles. The van der Waals surface area contributed by atoms with Crippen LogP contribution in [0.4, 0.5) is 5.82 Å². The second-order valence-electron chi connectivity index (χ2n) is 8.08. The van der Waals surface area contributed by atoms with Crippen molar-refractivity contribution in [2.24, 2.45) is 0 Å². The summed E-state index contributed by atoms with van der Waals surface area (Å²) in [7, 11) is 0. The second kappa shape index (κ2) is 12.1. The summed E-state index contributed by atoms with van der Waals surface area (Å²) in [5.74, 6) is 1.04. The van der Waals surface area contributed by atoms with Gasteiger partial charge in [-0.05, 0) is 83.4 Å². The number of anilines is 1. The number of fused-ring (bicyclic) bond motifs is 1. The first-order valence-corrected chi connectivity index (χ1v) is 11.5.